The molecule has 0 amide bonds. The van der Waals surface area contributed by atoms with Gasteiger partial charge in [-0.15, -0.1) is 0 Å². The minimum atomic E-state index is -0.866. The Morgan fingerprint density at radius 2 is 1.16 bits per heavy atom. The van der Waals surface area contributed by atoms with Crippen LogP contribution in [0.4, 0.5) is 9.59 Å². The van der Waals surface area contributed by atoms with Crippen LogP contribution in [0.15, 0.2) is 36.4 Å². The normalized spacial score (nSPS) is 11.1. The summed E-state index contributed by atoms with van der Waals surface area (Å²) in [7, 11) is 0. The number of benzene rings is 2. The van der Waals surface area contributed by atoms with Gasteiger partial charge < -0.3 is 9.47 Å². The Kier molecular flexibility index (Phi) is 5.76. The first-order valence-corrected chi connectivity index (χ1v) is 8.33. The maximum atomic E-state index is 10.9. The minimum absolute atomic E-state index is 0.317. The molecule has 0 radical (unpaired) electrons. The second-order valence-electron chi connectivity index (χ2n) is 6.26. The summed E-state index contributed by atoms with van der Waals surface area (Å²) in [5.41, 5.74) is 1.66. The SMILES string of the molecule is Cc1cc(C(C)(C)c2ccc(OC(=O)Cl)c(C)c2)ccc1OC(=O)Cl. The van der Waals surface area contributed by atoms with Gasteiger partial charge in [0, 0.05) is 28.6 Å². The van der Waals surface area contributed by atoms with Gasteiger partial charge in [0.05, 0.1) is 0 Å². The lowest BCUT2D eigenvalue weighted by molar-refractivity contribution is 0.224. The van der Waals surface area contributed by atoms with Gasteiger partial charge in [0.25, 0.3) is 0 Å². The van der Waals surface area contributed by atoms with Gasteiger partial charge in [-0.2, -0.15) is 0 Å². The van der Waals surface area contributed by atoms with Gasteiger partial charge in [0.15, 0.2) is 0 Å². The molecular weight excluding hydrogens is 363 g/mol. The Balaban J connectivity index is 2.38. The quantitative estimate of drug-likeness (QED) is 0.600. The molecule has 6 heteroatoms. The van der Waals surface area contributed by atoms with Crippen LogP contribution < -0.4 is 9.47 Å². The van der Waals surface area contributed by atoms with Crippen LogP contribution >= 0.6 is 23.2 Å². The van der Waals surface area contributed by atoms with E-state index < -0.39 is 10.9 Å². The molecule has 2 aromatic rings. The fraction of sp³-hybridized carbons (Fsp3) is 0.263. The summed E-state index contributed by atoms with van der Waals surface area (Å²) in [4.78, 5) is 21.8. The van der Waals surface area contributed by atoms with Crippen molar-refractivity contribution in [3.05, 3.63) is 58.7 Å². The van der Waals surface area contributed by atoms with Crippen molar-refractivity contribution < 1.29 is 19.1 Å². The molecule has 132 valence electrons. The number of hydrogen-bond acceptors (Lipinski definition) is 4. The summed E-state index contributed by atoms with van der Waals surface area (Å²) >= 11 is 10.5. The summed E-state index contributed by atoms with van der Waals surface area (Å²) in [5.74, 6) is 0.861. The number of ether oxygens (including phenoxy) is 2. The number of carbonyl (C=O) groups is 2. The second-order valence-corrected chi connectivity index (χ2v) is 6.88. The van der Waals surface area contributed by atoms with Crippen molar-refractivity contribution in [3.63, 3.8) is 0 Å². The molecule has 0 aliphatic carbocycles. The van der Waals surface area contributed by atoms with E-state index in [2.05, 4.69) is 13.8 Å². The fourth-order valence-corrected chi connectivity index (χ4v) is 2.81. The Labute approximate surface area is 156 Å². The molecule has 0 spiro atoms. The third-order valence-corrected chi connectivity index (χ3v) is 4.33. The third kappa shape index (κ3) is 4.53. The number of carbonyl (C=O) groups excluding carboxylic acids is 2. The van der Waals surface area contributed by atoms with Crippen LogP contribution in [0.3, 0.4) is 0 Å². The molecular formula is C19H18Cl2O4. The molecule has 25 heavy (non-hydrogen) atoms. The first-order chi connectivity index (χ1) is 11.6. The smallest absolute Gasteiger partial charge is 0.409 e. The van der Waals surface area contributed by atoms with Gasteiger partial charge in [-0.1, -0.05) is 38.1 Å². The Morgan fingerprint density at radius 3 is 1.44 bits per heavy atom. The van der Waals surface area contributed by atoms with Crippen molar-refractivity contribution >= 4 is 34.1 Å². The maximum Gasteiger partial charge on any atom is 0.409 e. The molecule has 0 atom stereocenters. The number of halogens is 2. The highest BCUT2D eigenvalue weighted by molar-refractivity contribution is 6.61. The summed E-state index contributed by atoms with van der Waals surface area (Å²) < 4.78 is 9.91. The third-order valence-electron chi connectivity index (χ3n) is 4.17. The van der Waals surface area contributed by atoms with Crippen molar-refractivity contribution in [3.8, 4) is 11.5 Å². The standard InChI is InChI=1S/C19H18Cl2O4/c1-11-9-13(5-7-15(11)24-17(20)22)19(3,4)14-6-8-16(12(2)10-14)25-18(21)23/h5-10H,1-4H3. The molecule has 0 saturated carbocycles. The van der Waals surface area contributed by atoms with Gasteiger partial charge >= 0.3 is 10.9 Å². The van der Waals surface area contributed by atoms with Crippen LogP contribution in [0.5, 0.6) is 11.5 Å². The minimum Gasteiger partial charge on any atom is -0.414 e. The van der Waals surface area contributed by atoms with Crippen LogP contribution in [-0.2, 0) is 5.41 Å². The Morgan fingerprint density at radius 1 is 0.800 bits per heavy atom. The second kappa shape index (κ2) is 7.46. The van der Waals surface area contributed by atoms with E-state index in [1.807, 2.05) is 38.1 Å². The van der Waals surface area contributed by atoms with Crippen LogP contribution in [-0.4, -0.2) is 10.9 Å². The number of hydrogen-bond donors (Lipinski definition) is 0. The Bertz CT molecular complexity index is 761. The van der Waals surface area contributed by atoms with Gasteiger partial charge in [0.1, 0.15) is 11.5 Å². The zero-order valence-corrected chi connectivity index (χ0v) is 15.9. The molecule has 0 aliphatic rings. The molecule has 2 aromatic carbocycles. The summed E-state index contributed by atoms with van der Waals surface area (Å²) in [6.07, 6.45) is 0. The van der Waals surface area contributed by atoms with Crippen molar-refractivity contribution in [2.24, 2.45) is 0 Å². The van der Waals surface area contributed by atoms with Gasteiger partial charge in [-0.3, -0.25) is 0 Å². The lowest BCUT2D eigenvalue weighted by atomic mass is 9.77. The highest BCUT2D eigenvalue weighted by Crippen LogP contribution is 2.36. The largest absolute Gasteiger partial charge is 0.414 e. The monoisotopic (exact) mass is 380 g/mol. The van der Waals surface area contributed by atoms with Crippen LogP contribution in [0, 0.1) is 13.8 Å². The van der Waals surface area contributed by atoms with Crippen molar-refractivity contribution in [2.75, 3.05) is 0 Å². The zero-order valence-electron chi connectivity index (χ0n) is 14.4. The van der Waals surface area contributed by atoms with Crippen molar-refractivity contribution in [2.45, 2.75) is 33.1 Å². The van der Waals surface area contributed by atoms with Crippen LogP contribution in [0.1, 0.15) is 36.1 Å². The zero-order chi connectivity index (χ0) is 18.8. The topological polar surface area (TPSA) is 52.6 Å². The Hall–Kier alpha value is -2.04. The molecule has 0 aliphatic heterocycles. The molecule has 0 aromatic heterocycles. The van der Waals surface area contributed by atoms with Crippen molar-refractivity contribution in [1.82, 2.24) is 0 Å². The van der Waals surface area contributed by atoms with E-state index in [1.165, 1.54) is 0 Å². The molecule has 0 heterocycles. The fourth-order valence-electron chi connectivity index (χ4n) is 2.64. The lowest BCUT2D eigenvalue weighted by Crippen LogP contribution is -2.19. The average Bonchev–Trinajstić information content (AvgIpc) is 2.50. The van der Waals surface area contributed by atoms with E-state index in [4.69, 9.17) is 32.7 Å². The summed E-state index contributed by atoms with van der Waals surface area (Å²) in [5, 5.41) is 0. The first-order valence-electron chi connectivity index (χ1n) is 7.58. The number of aryl methyl sites for hydroxylation is 2. The van der Waals surface area contributed by atoms with Gasteiger partial charge in [-0.05, 0) is 48.2 Å². The average molecular weight is 381 g/mol. The highest BCUT2D eigenvalue weighted by atomic mass is 35.5. The van der Waals surface area contributed by atoms with E-state index in [0.717, 1.165) is 22.3 Å². The lowest BCUT2D eigenvalue weighted by Gasteiger charge is -2.27. The maximum absolute atomic E-state index is 10.9. The van der Waals surface area contributed by atoms with Crippen LogP contribution in [0.2, 0.25) is 0 Å². The predicted octanol–water partition coefficient (Wildman–Crippen LogP) is 6.10. The summed E-state index contributed by atoms with van der Waals surface area (Å²) in [6.45, 7) is 7.86. The first kappa shape index (κ1) is 19.3. The molecule has 4 nitrogen and oxygen atoms in total. The van der Waals surface area contributed by atoms with Gasteiger partial charge in [0.2, 0.25) is 0 Å². The molecule has 0 unspecified atom stereocenters. The van der Waals surface area contributed by atoms with Gasteiger partial charge in [-0.25, -0.2) is 9.59 Å². The van der Waals surface area contributed by atoms with E-state index >= 15 is 0 Å². The van der Waals surface area contributed by atoms with E-state index in [0.29, 0.717) is 11.5 Å². The van der Waals surface area contributed by atoms with E-state index in [9.17, 15) is 9.59 Å². The number of rotatable bonds is 4. The molecule has 2 rings (SSSR count). The molecule has 0 N–H and O–H groups in total. The summed E-state index contributed by atoms with van der Waals surface area (Å²) in [6, 6.07) is 11.1. The van der Waals surface area contributed by atoms with E-state index in [-0.39, 0.29) is 5.41 Å². The molecule has 0 saturated heterocycles. The molecule has 0 fully saturated rings. The van der Waals surface area contributed by atoms with Crippen LogP contribution in [0.25, 0.3) is 0 Å². The van der Waals surface area contributed by atoms with E-state index in [1.54, 1.807) is 12.1 Å². The van der Waals surface area contributed by atoms with Crippen molar-refractivity contribution in [1.29, 1.82) is 0 Å². The molecule has 0 bridgehead atoms. The predicted molar refractivity (Wildman–Crippen MR) is 98.2 cm³/mol. The highest BCUT2D eigenvalue weighted by Gasteiger charge is 2.25.